The number of aromatic nitrogens is 1. The minimum atomic E-state index is -1.16. The number of pyridine rings is 1. The molecule has 0 fully saturated rings. The zero-order chi connectivity index (χ0) is 38.2. The number of carbonyl (C=O) groups excluding carboxylic acids is 4. The van der Waals surface area contributed by atoms with Crippen LogP contribution in [0.15, 0.2) is 97.3 Å². The fourth-order valence-electron chi connectivity index (χ4n) is 5.98. The van der Waals surface area contributed by atoms with Crippen LogP contribution in [0.2, 0.25) is 0 Å². The van der Waals surface area contributed by atoms with E-state index in [0.717, 1.165) is 28.3 Å². The molecule has 4 aromatic rings. The van der Waals surface area contributed by atoms with Crippen molar-refractivity contribution in [1.82, 2.24) is 26.3 Å². The largest absolute Gasteiger partial charge is 0.445 e. The second-order valence-electron chi connectivity index (χ2n) is 14.1. The van der Waals surface area contributed by atoms with Gasteiger partial charge in [0.2, 0.25) is 17.7 Å². The highest BCUT2D eigenvalue weighted by molar-refractivity contribution is 5.93. The lowest BCUT2D eigenvalue weighted by molar-refractivity contribution is -0.131. The maximum absolute atomic E-state index is 14.2. The van der Waals surface area contributed by atoms with Crippen molar-refractivity contribution in [3.05, 3.63) is 114 Å². The lowest BCUT2D eigenvalue weighted by atomic mass is 9.95. The van der Waals surface area contributed by atoms with Gasteiger partial charge in [-0.3, -0.25) is 19.4 Å². The predicted octanol–water partition coefficient (Wildman–Crippen LogP) is 5.24. The number of aliphatic hydroxyl groups is 1. The van der Waals surface area contributed by atoms with Crippen molar-refractivity contribution < 1.29 is 29.0 Å². The number of aliphatic hydroxyl groups excluding tert-OH is 1. The molecule has 11 nitrogen and oxygen atoms in total. The van der Waals surface area contributed by atoms with Crippen LogP contribution in [0, 0.1) is 11.8 Å². The molecule has 0 bridgehead atoms. The van der Waals surface area contributed by atoms with E-state index in [4.69, 9.17) is 4.74 Å². The van der Waals surface area contributed by atoms with E-state index in [1.54, 1.807) is 24.5 Å². The lowest BCUT2D eigenvalue weighted by Crippen LogP contribution is -2.57. The average molecular weight is 724 g/mol. The molecule has 3 unspecified atom stereocenters. The molecular formula is C42H53N5O6. The number of carbonyl (C=O) groups is 4. The maximum atomic E-state index is 14.2. The fourth-order valence-corrected chi connectivity index (χ4v) is 5.98. The number of alkyl carbamates (subject to hydrolysis) is 1. The molecule has 5 atom stereocenters. The summed E-state index contributed by atoms with van der Waals surface area (Å²) in [4.78, 5) is 58.3. The van der Waals surface area contributed by atoms with Gasteiger partial charge >= 0.3 is 6.09 Å². The van der Waals surface area contributed by atoms with Gasteiger partial charge in [0.05, 0.1) is 18.6 Å². The summed E-state index contributed by atoms with van der Waals surface area (Å²) in [5, 5.41) is 24.5. The number of nitrogens with one attached hydrogen (secondary N) is 4. The summed E-state index contributed by atoms with van der Waals surface area (Å²) in [5.41, 5.74) is 2.31. The van der Waals surface area contributed by atoms with Crippen LogP contribution >= 0.6 is 0 Å². The highest BCUT2D eigenvalue weighted by Crippen LogP contribution is 2.20. The monoisotopic (exact) mass is 723 g/mol. The van der Waals surface area contributed by atoms with Gasteiger partial charge in [-0.1, -0.05) is 113 Å². The van der Waals surface area contributed by atoms with E-state index in [9.17, 15) is 24.3 Å². The summed E-state index contributed by atoms with van der Waals surface area (Å²) in [6.07, 6.45) is 2.62. The number of nitrogens with zero attached hydrogens (tertiary/aromatic N) is 1. The van der Waals surface area contributed by atoms with Crippen molar-refractivity contribution in [2.45, 2.75) is 90.6 Å². The van der Waals surface area contributed by atoms with Gasteiger partial charge in [-0.15, -0.1) is 0 Å². The summed E-state index contributed by atoms with van der Waals surface area (Å²) in [6.45, 7) is 8.51. The predicted molar refractivity (Wildman–Crippen MR) is 206 cm³/mol. The molecule has 0 aliphatic carbocycles. The van der Waals surface area contributed by atoms with Gasteiger partial charge in [0.15, 0.2) is 0 Å². The Labute approximate surface area is 312 Å². The van der Waals surface area contributed by atoms with Gasteiger partial charge in [-0.05, 0) is 51.8 Å². The normalized spacial score (nSPS) is 14.0. The zero-order valence-electron chi connectivity index (χ0n) is 31.1. The first kappa shape index (κ1) is 40.5. The summed E-state index contributed by atoms with van der Waals surface area (Å²) < 4.78 is 5.49. The first-order valence-corrected chi connectivity index (χ1v) is 18.4. The molecule has 0 radical (unpaired) electrons. The van der Waals surface area contributed by atoms with Gasteiger partial charge in [0, 0.05) is 31.8 Å². The number of hydrogen-bond donors (Lipinski definition) is 5. The minimum Gasteiger partial charge on any atom is -0.445 e. The molecule has 3 aromatic carbocycles. The molecule has 282 valence electrons. The highest BCUT2D eigenvalue weighted by atomic mass is 16.5. The third-order valence-corrected chi connectivity index (χ3v) is 9.18. The lowest BCUT2D eigenvalue weighted by Gasteiger charge is -2.29. The maximum Gasteiger partial charge on any atom is 0.408 e. The number of rotatable bonds is 19. The Kier molecular flexibility index (Phi) is 15.8. The smallest absolute Gasteiger partial charge is 0.408 e. The quantitative estimate of drug-likeness (QED) is 0.0885. The Hall–Kier alpha value is -5.29. The Morgan fingerprint density at radius 1 is 0.774 bits per heavy atom. The van der Waals surface area contributed by atoms with Crippen LogP contribution < -0.4 is 21.3 Å². The molecule has 0 aliphatic rings. The highest BCUT2D eigenvalue weighted by Gasteiger charge is 2.31. The van der Waals surface area contributed by atoms with Crippen molar-refractivity contribution in [2.24, 2.45) is 11.8 Å². The first-order valence-electron chi connectivity index (χ1n) is 18.4. The third-order valence-electron chi connectivity index (χ3n) is 9.18. The average Bonchev–Trinajstić information content (AvgIpc) is 3.16. The number of amides is 4. The molecule has 1 aromatic heterocycles. The van der Waals surface area contributed by atoms with Crippen molar-refractivity contribution in [1.29, 1.82) is 0 Å². The Morgan fingerprint density at radius 2 is 1.45 bits per heavy atom. The molecular weight excluding hydrogens is 670 g/mol. The van der Waals surface area contributed by atoms with Crippen molar-refractivity contribution in [3.8, 4) is 0 Å². The van der Waals surface area contributed by atoms with Crippen LogP contribution in [0.1, 0.15) is 63.6 Å². The van der Waals surface area contributed by atoms with Gasteiger partial charge in [-0.2, -0.15) is 0 Å². The second kappa shape index (κ2) is 20.7. The molecule has 0 saturated heterocycles. The number of ether oxygens (including phenoxy) is 1. The second-order valence-corrected chi connectivity index (χ2v) is 14.1. The van der Waals surface area contributed by atoms with Crippen LogP contribution in [0.25, 0.3) is 10.8 Å². The molecule has 4 amide bonds. The molecule has 53 heavy (non-hydrogen) atoms. The molecule has 11 heteroatoms. The number of fused-ring (bicyclic) bond motifs is 1. The summed E-state index contributed by atoms with van der Waals surface area (Å²) in [6, 6.07) is 23.3. The van der Waals surface area contributed by atoms with Gasteiger partial charge in [0.1, 0.15) is 18.7 Å². The summed E-state index contributed by atoms with van der Waals surface area (Å²) in [7, 11) is 0. The summed E-state index contributed by atoms with van der Waals surface area (Å²) in [5.74, 6) is -1.06. The Balaban J connectivity index is 1.56. The van der Waals surface area contributed by atoms with Crippen molar-refractivity contribution in [3.63, 3.8) is 0 Å². The molecule has 1 heterocycles. The molecule has 4 rings (SSSR count). The Bertz CT molecular complexity index is 1760. The van der Waals surface area contributed by atoms with E-state index < -0.39 is 42.1 Å². The number of benzene rings is 3. The van der Waals surface area contributed by atoms with Crippen LogP contribution in [0.4, 0.5) is 4.79 Å². The van der Waals surface area contributed by atoms with E-state index in [1.807, 2.05) is 100 Å². The topological polar surface area (TPSA) is 159 Å². The SMILES string of the molecule is CCC(C)CNC(=O)CC(O)C(CC(C)C)NC(=O)[C@H](Cc1cccnc1)NC(=O)[C@H](Cc1cccc2ccccc12)NC(=O)OCc1ccccc1. The van der Waals surface area contributed by atoms with E-state index in [0.29, 0.717) is 24.4 Å². The Morgan fingerprint density at radius 3 is 2.17 bits per heavy atom. The molecule has 0 spiro atoms. The molecule has 0 aliphatic heterocycles. The first-order chi connectivity index (χ1) is 25.5. The number of hydrogen-bond acceptors (Lipinski definition) is 7. The van der Waals surface area contributed by atoms with Gasteiger partial charge in [0.25, 0.3) is 0 Å². The van der Waals surface area contributed by atoms with Crippen LogP contribution in [-0.2, 0) is 38.6 Å². The van der Waals surface area contributed by atoms with E-state index in [1.165, 1.54) is 0 Å². The third kappa shape index (κ3) is 13.3. The van der Waals surface area contributed by atoms with E-state index in [2.05, 4.69) is 26.3 Å². The van der Waals surface area contributed by atoms with Crippen molar-refractivity contribution >= 4 is 34.6 Å². The minimum absolute atomic E-state index is 0.0105. The van der Waals surface area contributed by atoms with Gasteiger partial charge < -0.3 is 31.1 Å². The molecule has 5 N–H and O–H groups in total. The summed E-state index contributed by atoms with van der Waals surface area (Å²) >= 11 is 0. The van der Waals surface area contributed by atoms with Crippen LogP contribution in [0.3, 0.4) is 0 Å². The molecule has 0 saturated carbocycles. The zero-order valence-corrected chi connectivity index (χ0v) is 31.1. The van der Waals surface area contributed by atoms with E-state index in [-0.39, 0.29) is 37.7 Å². The van der Waals surface area contributed by atoms with E-state index >= 15 is 0 Å². The van der Waals surface area contributed by atoms with Crippen LogP contribution in [0.5, 0.6) is 0 Å². The van der Waals surface area contributed by atoms with Crippen LogP contribution in [-0.4, -0.2) is 64.7 Å². The van der Waals surface area contributed by atoms with Crippen molar-refractivity contribution in [2.75, 3.05) is 6.54 Å². The van der Waals surface area contributed by atoms with Gasteiger partial charge in [-0.25, -0.2) is 4.79 Å². The fraction of sp³-hybridized carbons (Fsp3) is 0.405. The standard InChI is InChI=1S/C42H53N5O6/c1-5-29(4)25-44-39(49)24-38(48)35(21-28(2)3)45-40(50)36(22-31-15-12-20-43-26-31)46-41(51)37(47-42(52)53-27-30-13-7-6-8-14-30)23-33-18-11-17-32-16-9-10-19-34(32)33/h6-20,26,28-29,35-38,48H,5,21-25,27H2,1-4H3,(H,44,49)(H,45,50)(H,46,51)(H,47,52)/t29?,35?,36-,37-,38?/m0/s1.